The number of nitrogens with two attached hydrogens (primary N) is 1. The molecule has 0 unspecified atom stereocenters. The Kier molecular flexibility index (Phi) is 5.95. The Morgan fingerprint density at radius 1 is 1.04 bits per heavy atom. The topological polar surface area (TPSA) is 75.4 Å². The molecule has 0 fully saturated rings. The fourth-order valence-electron chi connectivity index (χ4n) is 2.29. The Morgan fingerprint density at radius 3 is 2.29 bits per heavy atom. The zero-order valence-electron chi connectivity index (χ0n) is 14.1. The Morgan fingerprint density at radius 2 is 1.67 bits per heavy atom. The van der Waals surface area contributed by atoms with E-state index in [4.69, 9.17) is 5.73 Å². The summed E-state index contributed by atoms with van der Waals surface area (Å²) in [6.45, 7) is 2.82. The first kappa shape index (κ1) is 17.5. The van der Waals surface area contributed by atoms with Crippen LogP contribution in [0.25, 0.3) is 0 Å². The lowest BCUT2D eigenvalue weighted by Gasteiger charge is -2.16. The summed E-state index contributed by atoms with van der Waals surface area (Å²) in [5, 5.41) is 2.77. The maximum Gasteiger partial charge on any atom is 0.255 e. The molecule has 0 aromatic heterocycles. The number of anilines is 2. The number of hydrogen-bond acceptors (Lipinski definition) is 3. The molecule has 0 radical (unpaired) electrons. The van der Waals surface area contributed by atoms with Gasteiger partial charge in [0.2, 0.25) is 0 Å². The van der Waals surface area contributed by atoms with Crippen molar-refractivity contribution in [3.8, 4) is 0 Å². The molecule has 0 aliphatic heterocycles. The summed E-state index contributed by atoms with van der Waals surface area (Å²) in [7, 11) is 1.79. The summed E-state index contributed by atoms with van der Waals surface area (Å²) < 4.78 is 0. The van der Waals surface area contributed by atoms with Crippen LogP contribution in [0.2, 0.25) is 0 Å². The number of carbonyl (C=O) groups excluding carboxylic acids is 2. The molecule has 0 saturated carbocycles. The van der Waals surface area contributed by atoms with Crippen molar-refractivity contribution in [2.45, 2.75) is 19.8 Å². The predicted molar refractivity (Wildman–Crippen MR) is 97.1 cm³/mol. The van der Waals surface area contributed by atoms with Crippen LogP contribution in [-0.2, 0) is 0 Å². The zero-order chi connectivity index (χ0) is 17.5. The van der Waals surface area contributed by atoms with Gasteiger partial charge in [0, 0.05) is 24.7 Å². The Hall–Kier alpha value is -2.82. The third-order valence-electron chi connectivity index (χ3n) is 3.80. The number of amides is 2. The van der Waals surface area contributed by atoms with E-state index in [1.54, 1.807) is 60.5 Å². The first-order valence-electron chi connectivity index (χ1n) is 8.04. The molecule has 0 aliphatic rings. The summed E-state index contributed by atoms with van der Waals surface area (Å²) >= 11 is 0. The lowest BCUT2D eigenvalue weighted by atomic mass is 10.1. The lowest BCUT2D eigenvalue weighted by molar-refractivity contribution is 0.0792. The van der Waals surface area contributed by atoms with Crippen LogP contribution in [0.3, 0.4) is 0 Å². The van der Waals surface area contributed by atoms with Crippen LogP contribution in [-0.4, -0.2) is 30.3 Å². The third kappa shape index (κ3) is 4.35. The van der Waals surface area contributed by atoms with Gasteiger partial charge in [-0.3, -0.25) is 9.59 Å². The third-order valence-corrected chi connectivity index (χ3v) is 3.80. The second-order valence-electron chi connectivity index (χ2n) is 5.70. The molecule has 0 heterocycles. The van der Waals surface area contributed by atoms with E-state index in [2.05, 4.69) is 12.2 Å². The van der Waals surface area contributed by atoms with Gasteiger partial charge in [0.1, 0.15) is 0 Å². The van der Waals surface area contributed by atoms with E-state index in [-0.39, 0.29) is 11.8 Å². The van der Waals surface area contributed by atoms with Gasteiger partial charge in [0.05, 0.1) is 11.4 Å². The number of nitrogens with zero attached hydrogens (tertiary/aromatic N) is 1. The van der Waals surface area contributed by atoms with Crippen LogP contribution >= 0.6 is 0 Å². The van der Waals surface area contributed by atoms with Crippen LogP contribution in [0.5, 0.6) is 0 Å². The second kappa shape index (κ2) is 8.15. The van der Waals surface area contributed by atoms with Gasteiger partial charge in [-0.15, -0.1) is 0 Å². The summed E-state index contributed by atoms with van der Waals surface area (Å²) in [5.41, 5.74) is 7.95. The molecule has 0 atom stereocenters. The predicted octanol–water partition coefficient (Wildman–Crippen LogP) is 3.39. The number of nitrogen functional groups attached to an aromatic ring is 1. The molecule has 2 amide bonds. The van der Waals surface area contributed by atoms with E-state index in [1.807, 2.05) is 0 Å². The molecule has 2 rings (SSSR count). The highest BCUT2D eigenvalue weighted by Gasteiger charge is 2.13. The van der Waals surface area contributed by atoms with E-state index < -0.39 is 0 Å². The van der Waals surface area contributed by atoms with Crippen molar-refractivity contribution < 1.29 is 9.59 Å². The van der Waals surface area contributed by atoms with Crippen LogP contribution in [0, 0.1) is 0 Å². The highest BCUT2D eigenvalue weighted by molar-refractivity contribution is 6.06. The summed E-state index contributed by atoms with van der Waals surface area (Å²) in [5.74, 6) is -0.297. The molecular weight excluding hydrogens is 302 g/mol. The average Bonchev–Trinajstić information content (AvgIpc) is 2.61. The minimum atomic E-state index is -0.258. The van der Waals surface area contributed by atoms with Crippen LogP contribution < -0.4 is 11.1 Å². The van der Waals surface area contributed by atoms with Gasteiger partial charge >= 0.3 is 0 Å². The number of rotatable bonds is 6. The van der Waals surface area contributed by atoms with E-state index in [1.165, 1.54) is 0 Å². The van der Waals surface area contributed by atoms with Gasteiger partial charge in [-0.2, -0.15) is 0 Å². The SMILES string of the molecule is CCCCN(C)C(=O)c1ccc(C(=O)Nc2ccccc2N)cc1. The Labute approximate surface area is 142 Å². The molecule has 2 aromatic carbocycles. The van der Waals surface area contributed by atoms with Gasteiger partial charge < -0.3 is 16.0 Å². The van der Waals surface area contributed by atoms with Crippen molar-refractivity contribution in [1.29, 1.82) is 0 Å². The fraction of sp³-hybridized carbons (Fsp3) is 0.263. The maximum atomic E-state index is 12.3. The lowest BCUT2D eigenvalue weighted by Crippen LogP contribution is -2.27. The van der Waals surface area contributed by atoms with E-state index in [0.717, 1.165) is 19.4 Å². The van der Waals surface area contributed by atoms with E-state index in [0.29, 0.717) is 22.5 Å². The molecule has 0 saturated heterocycles. The standard InChI is InChI=1S/C19H23N3O2/c1-3-4-13-22(2)19(24)15-11-9-14(10-12-15)18(23)21-17-8-6-5-7-16(17)20/h5-12H,3-4,13,20H2,1-2H3,(H,21,23). The number of unbranched alkanes of at least 4 members (excludes halogenated alkanes) is 1. The van der Waals surface area contributed by atoms with Crippen LogP contribution in [0.1, 0.15) is 40.5 Å². The fourth-order valence-corrected chi connectivity index (χ4v) is 2.29. The van der Waals surface area contributed by atoms with Crippen molar-refractivity contribution in [1.82, 2.24) is 4.90 Å². The highest BCUT2D eigenvalue weighted by Crippen LogP contribution is 2.18. The van der Waals surface area contributed by atoms with Crippen molar-refractivity contribution in [2.75, 3.05) is 24.6 Å². The average molecular weight is 325 g/mol. The van der Waals surface area contributed by atoms with Gasteiger partial charge in [0.25, 0.3) is 11.8 Å². The molecule has 3 N–H and O–H groups in total. The normalized spacial score (nSPS) is 10.2. The molecule has 5 nitrogen and oxygen atoms in total. The molecule has 0 spiro atoms. The first-order chi connectivity index (χ1) is 11.5. The van der Waals surface area contributed by atoms with Gasteiger partial charge in [-0.05, 0) is 42.8 Å². The van der Waals surface area contributed by atoms with Crippen LogP contribution in [0.15, 0.2) is 48.5 Å². The summed E-state index contributed by atoms with van der Waals surface area (Å²) in [6, 6.07) is 13.7. The van der Waals surface area contributed by atoms with Crippen molar-refractivity contribution in [2.24, 2.45) is 0 Å². The smallest absolute Gasteiger partial charge is 0.255 e. The number of carbonyl (C=O) groups is 2. The molecule has 2 aromatic rings. The molecular formula is C19H23N3O2. The first-order valence-corrected chi connectivity index (χ1v) is 8.04. The Balaban J connectivity index is 2.05. The van der Waals surface area contributed by atoms with Gasteiger partial charge in [-0.1, -0.05) is 25.5 Å². The Bertz CT molecular complexity index is 711. The van der Waals surface area contributed by atoms with E-state index >= 15 is 0 Å². The zero-order valence-corrected chi connectivity index (χ0v) is 14.1. The molecule has 24 heavy (non-hydrogen) atoms. The van der Waals surface area contributed by atoms with E-state index in [9.17, 15) is 9.59 Å². The number of para-hydroxylation sites is 2. The quantitative estimate of drug-likeness (QED) is 0.799. The van der Waals surface area contributed by atoms with Crippen molar-refractivity contribution in [3.63, 3.8) is 0 Å². The van der Waals surface area contributed by atoms with Crippen molar-refractivity contribution in [3.05, 3.63) is 59.7 Å². The second-order valence-corrected chi connectivity index (χ2v) is 5.70. The van der Waals surface area contributed by atoms with Crippen molar-refractivity contribution >= 4 is 23.2 Å². The highest BCUT2D eigenvalue weighted by atomic mass is 16.2. The van der Waals surface area contributed by atoms with Crippen LogP contribution in [0.4, 0.5) is 11.4 Å². The minimum absolute atomic E-state index is 0.0392. The number of benzene rings is 2. The number of hydrogen-bond donors (Lipinski definition) is 2. The van der Waals surface area contributed by atoms with Gasteiger partial charge in [-0.25, -0.2) is 0 Å². The summed E-state index contributed by atoms with van der Waals surface area (Å²) in [4.78, 5) is 26.2. The monoisotopic (exact) mass is 325 g/mol. The van der Waals surface area contributed by atoms with Gasteiger partial charge in [0.15, 0.2) is 0 Å². The molecule has 0 aliphatic carbocycles. The largest absolute Gasteiger partial charge is 0.397 e. The maximum absolute atomic E-state index is 12.3. The molecule has 126 valence electrons. The summed E-state index contributed by atoms with van der Waals surface area (Å²) in [6.07, 6.45) is 2.01. The number of nitrogens with one attached hydrogen (secondary N) is 1. The minimum Gasteiger partial charge on any atom is -0.397 e. The molecule has 0 bridgehead atoms. The molecule has 5 heteroatoms.